The zero-order chi connectivity index (χ0) is 12.5. The monoisotopic (exact) mass is 254 g/mol. The third-order valence-electron chi connectivity index (χ3n) is 2.83. The molecule has 17 heavy (non-hydrogen) atoms. The van der Waals surface area contributed by atoms with Crippen molar-refractivity contribution in [1.29, 1.82) is 0 Å². The molecular formula is C14H22O2S. The summed E-state index contributed by atoms with van der Waals surface area (Å²) in [5.41, 5.74) is 0. The maximum Gasteiger partial charge on any atom is 0.309 e. The second kappa shape index (κ2) is 8.29. The molecular weight excluding hydrogens is 232 g/mol. The molecule has 0 saturated carbocycles. The molecule has 0 amide bonds. The normalized spacial score (nSPS) is 12.4. The molecule has 3 heteroatoms. The van der Waals surface area contributed by atoms with E-state index in [-0.39, 0.29) is 11.9 Å². The van der Waals surface area contributed by atoms with Gasteiger partial charge in [-0.15, -0.1) is 11.3 Å². The maximum absolute atomic E-state index is 11.7. The Morgan fingerprint density at radius 1 is 1.41 bits per heavy atom. The second-order valence-electron chi connectivity index (χ2n) is 4.44. The number of thiophene rings is 1. The van der Waals surface area contributed by atoms with E-state index in [9.17, 15) is 4.79 Å². The summed E-state index contributed by atoms with van der Waals surface area (Å²) in [6.07, 6.45) is 5.79. The van der Waals surface area contributed by atoms with E-state index in [4.69, 9.17) is 4.74 Å². The molecule has 0 fully saturated rings. The fourth-order valence-electron chi connectivity index (χ4n) is 1.67. The standard InChI is InChI=1S/C14H22O2S/c1-3-4-5-6-8-12(2)14(15)16-11-13-9-7-10-17-13/h7,9-10,12H,3-6,8,11H2,1-2H3. The van der Waals surface area contributed by atoms with Gasteiger partial charge in [-0.25, -0.2) is 0 Å². The lowest BCUT2D eigenvalue weighted by Gasteiger charge is -2.10. The molecule has 0 aliphatic heterocycles. The van der Waals surface area contributed by atoms with Crippen molar-refractivity contribution in [1.82, 2.24) is 0 Å². The molecule has 0 saturated heterocycles. The van der Waals surface area contributed by atoms with Crippen LogP contribution in [0, 0.1) is 5.92 Å². The van der Waals surface area contributed by atoms with Gasteiger partial charge in [0.1, 0.15) is 6.61 Å². The molecule has 1 rings (SSSR count). The predicted octanol–water partition coefficient (Wildman–Crippen LogP) is 4.40. The summed E-state index contributed by atoms with van der Waals surface area (Å²) in [4.78, 5) is 12.8. The summed E-state index contributed by atoms with van der Waals surface area (Å²) in [5, 5.41) is 2.00. The SMILES string of the molecule is CCCCCCC(C)C(=O)OCc1cccs1. The molecule has 1 unspecified atom stereocenters. The van der Waals surface area contributed by atoms with Gasteiger partial charge in [-0.2, -0.15) is 0 Å². The van der Waals surface area contributed by atoms with Crippen LogP contribution < -0.4 is 0 Å². The first-order chi connectivity index (χ1) is 8.24. The van der Waals surface area contributed by atoms with Crippen LogP contribution in [0.5, 0.6) is 0 Å². The lowest BCUT2D eigenvalue weighted by atomic mass is 10.0. The Morgan fingerprint density at radius 2 is 2.24 bits per heavy atom. The first kappa shape index (κ1) is 14.2. The van der Waals surface area contributed by atoms with Crippen LogP contribution in [0.25, 0.3) is 0 Å². The largest absolute Gasteiger partial charge is 0.460 e. The van der Waals surface area contributed by atoms with Crippen LogP contribution in [0.4, 0.5) is 0 Å². The van der Waals surface area contributed by atoms with Crippen LogP contribution in [0.1, 0.15) is 50.8 Å². The molecule has 1 aromatic rings. The number of unbranched alkanes of at least 4 members (excludes halogenated alkanes) is 3. The van der Waals surface area contributed by atoms with Gasteiger partial charge in [-0.3, -0.25) is 4.79 Å². The average Bonchev–Trinajstić information content (AvgIpc) is 2.84. The van der Waals surface area contributed by atoms with Gasteiger partial charge in [0.25, 0.3) is 0 Å². The topological polar surface area (TPSA) is 26.3 Å². The minimum absolute atomic E-state index is 0.0341. The second-order valence-corrected chi connectivity index (χ2v) is 5.47. The fraction of sp³-hybridized carbons (Fsp3) is 0.643. The highest BCUT2D eigenvalue weighted by molar-refractivity contribution is 7.09. The van der Waals surface area contributed by atoms with Crippen LogP contribution in [0.15, 0.2) is 17.5 Å². The lowest BCUT2D eigenvalue weighted by molar-refractivity contribution is -0.149. The van der Waals surface area contributed by atoms with Crippen LogP contribution in [-0.2, 0) is 16.1 Å². The molecule has 0 aromatic carbocycles. The van der Waals surface area contributed by atoms with Gasteiger partial charge in [0.05, 0.1) is 5.92 Å². The highest BCUT2D eigenvalue weighted by atomic mass is 32.1. The van der Waals surface area contributed by atoms with Crippen molar-refractivity contribution in [2.45, 2.75) is 52.6 Å². The summed E-state index contributed by atoms with van der Waals surface area (Å²) >= 11 is 1.62. The van der Waals surface area contributed by atoms with E-state index in [1.165, 1.54) is 19.3 Å². The lowest BCUT2D eigenvalue weighted by Crippen LogP contribution is -2.14. The molecule has 1 atom stereocenters. The summed E-state index contributed by atoms with van der Waals surface area (Å²) < 4.78 is 5.28. The fourth-order valence-corrected chi connectivity index (χ4v) is 2.29. The third kappa shape index (κ3) is 5.87. The predicted molar refractivity (Wildman–Crippen MR) is 72.0 cm³/mol. The molecule has 1 heterocycles. The van der Waals surface area contributed by atoms with Crippen LogP contribution in [0.3, 0.4) is 0 Å². The Balaban J connectivity index is 2.13. The Kier molecular flexibility index (Phi) is 6.94. The number of esters is 1. The van der Waals surface area contributed by atoms with Crippen LogP contribution in [0.2, 0.25) is 0 Å². The van der Waals surface area contributed by atoms with Gasteiger partial charge < -0.3 is 4.74 Å². The van der Waals surface area contributed by atoms with Gasteiger partial charge in [0.15, 0.2) is 0 Å². The molecule has 2 nitrogen and oxygen atoms in total. The van der Waals surface area contributed by atoms with E-state index in [0.717, 1.165) is 17.7 Å². The van der Waals surface area contributed by atoms with Gasteiger partial charge >= 0.3 is 5.97 Å². The molecule has 0 aliphatic carbocycles. The van der Waals surface area contributed by atoms with Crippen LogP contribution in [-0.4, -0.2) is 5.97 Å². The summed E-state index contributed by atoms with van der Waals surface area (Å²) in [7, 11) is 0. The minimum atomic E-state index is -0.0603. The molecule has 0 bridgehead atoms. The molecule has 0 radical (unpaired) electrons. The van der Waals surface area contributed by atoms with Crippen molar-refractivity contribution < 1.29 is 9.53 Å². The highest BCUT2D eigenvalue weighted by Gasteiger charge is 2.13. The Bertz CT molecular complexity index is 306. The quantitative estimate of drug-likeness (QED) is 0.508. The van der Waals surface area contributed by atoms with Gasteiger partial charge in [0.2, 0.25) is 0 Å². The Hall–Kier alpha value is -0.830. The number of carbonyl (C=O) groups is 1. The average molecular weight is 254 g/mol. The Labute approximate surface area is 108 Å². The van der Waals surface area contributed by atoms with Crippen molar-refractivity contribution >= 4 is 17.3 Å². The van der Waals surface area contributed by atoms with Crippen molar-refractivity contribution in [3.05, 3.63) is 22.4 Å². The molecule has 0 spiro atoms. The third-order valence-corrected chi connectivity index (χ3v) is 3.68. The zero-order valence-corrected chi connectivity index (χ0v) is 11.6. The molecule has 96 valence electrons. The number of carbonyl (C=O) groups excluding carboxylic acids is 1. The van der Waals surface area contributed by atoms with Crippen molar-refractivity contribution in [2.24, 2.45) is 5.92 Å². The number of rotatable bonds is 8. The number of ether oxygens (including phenoxy) is 1. The zero-order valence-electron chi connectivity index (χ0n) is 10.8. The Morgan fingerprint density at radius 3 is 2.88 bits per heavy atom. The molecule has 0 aliphatic rings. The van der Waals surface area contributed by atoms with E-state index < -0.39 is 0 Å². The summed E-state index contributed by atoms with van der Waals surface area (Å²) in [6, 6.07) is 3.96. The van der Waals surface area contributed by atoms with Crippen molar-refractivity contribution in [3.8, 4) is 0 Å². The molecule has 0 N–H and O–H groups in total. The number of hydrogen-bond acceptors (Lipinski definition) is 3. The van der Waals surface area contributed by atoms with Gasteiger partial charge in [-0.1, -0.05) is 45.6 Å². The highest BCUT2D eigenvalue weighted by Crippen LogP contribution is 2.14. The van der Waals surface area contributed by atoms with E-state index in [1.54, 1.807) is 11.3 Å². The summed E-state index contributed by atoms with van der Waals surface area (Å²) in [5.74, 6) is -0.0262. The van der Waals surface area contributed by atoms with Crippen LogP contribution >= 0.6 is 11.3 Å². The van der Waals surface area contributed by atoms with Gasteiger partial charge in [0, 0.05) is 4.88 Å². The number of hydrogen-bond donors (Lipinski definition) is 0. The molecule has 1 aromatic heterocycles. The van der Waals surface area contributed by atoms with Crippen molar-refractivity contribution in [2.75, 3.05) is 0 Å². The van der Waals surface area contributed by atoms with E-state index in [1.807, 2.05) is 24.4 Å². The van der Waals surface area contributed by atoms with E-state index >= 15 is 0 Å². The minimum Gasteiger partial charge on any atom is -0.460 e. The van der Waals surface area contributed by atoms with E-state index in [2.05, 4.69) is 6.92 Å². The first-order valence-corrected chi connectivity index (χ1v) is 7.31. The van der Waals surface area contributed by atoms with Gasteiger partial charge in [-0.05, 0) is 17.9 Å². The first-order valence-electron chi connectivity index (χ1n) is 6.43. The maximum atomic E-state index is 11.7. The van der Waals surface area contributed by atoms with E-state index in [0.29, 0.717) is 6.61 Å². The summed E-state index contributed by atoms with van der Waals surface area (Å²) in [6.45, 7) is 4.58. The van der Waals surface area contributed by atoms with Crippen molar-refractivity contribution in [3.63, 3.8) is 0 Å². The smallest absolute Gasteiger partial charge is 0.309 e.